The highest BCUT2D eigenvalue weighted by molar-refractivity contribution is 7.98. The molecular formula is C20H30N4S2. The van der Waals surface area contributed by atoms with Gasteiger partial charge in [0.15, 0.2) is 0 Å². The van der Waals surface area contributed by atoms with Crippen molar-refractivity contribution in [1.29, 1.82) is 5.26 Å². The van der Waals surface area contributed by atoms with Gasteiger partial charge in [-0.2, -0.15) is 21.4 Å². The maximum absolute atomic E-state index is 8.45. The van der Waals surface area contributed by atoms with Crippen molar-refractivity contribution in [2.75, 3.05) is 12.5 Å². The first-order chi connectivity index (χ1) is 11.9. The van der Waals surface area contributed by atoms with Crippen molar-refractivity contribution in [3.63, 3.8) is 0 Å². The van der Waals surface area contributed by atoms with Gasteiger partial charge >= 0.3 is 0 Å². The van der Waals surface area contributed by atoms with Gasteiger partial charge in [0.25, 0.3) is 0 Å². The van der Waals surface area contributed by atoms with E-state index in [9.17, 15) is 0 Å². The number of rotatable bonds is 4. The average molecular weight is 391 g/mol. The molecule has 0 aromatic carbocycles. The van der Waals surface area contributed by atoms with Gasteiger partial charge in [0.1, 0.15) is 0 Å². The van der Waals surface area contributed by atoms with Gasteiger partial charge in [0.2, 0.25) is 6.19 Å². The lowest BCUT2D eigenvalue weighted by atomic mass is 10.2. The number of hydrogen-bond acceptors (Lipinski definition) is 5. The molecule has 3 unspecified atom stereocenters. The fourth-order valence-corrected chi connectivity index (χ4v) is 3.15. The van der Waals surface area contributed by atoms with E-state index in [0.29, 0.717) is 5.25 Å². The summed E-state index contributed by atoms with van der Waals surface area (Å²) >= 11 is 1.84. The molecule has 26 heavy (non-hydrogen) atoms. The molecule has 0 fully saturated rings. The van der Waals surface area contributed by atoms with Crippen molar-refractivity contribution in [2.24, 2.45) is 4.36 Å². The fraction of sp³-hybridized carbons (Fsp3) is 0.450. The van der Waals surface area contributed by atoms with Crippen LogP contribution < -0.4 is 0 Å². The second kappa shape index (κ2) is 12.6. The van der Waals surface area contributed by atoms with Crippen molar-refractivity contribution in [2.45, 2.75) is 45.6 Å². The molecule has 2 heterocycles. The second-order valence-electron chi connectivity index (χ2n) is 5.70. The van der Waals surface area contributed by atoms with E-state index in [1.807, 2.05) is 62.6 Å². The first-order valence-corrected chi connectivity index (χ1v) is 11.0. The van der Waals surface area contributed by atoms with Gasteiger partial charge < -0.3 is 0 Å². The Hall–Kier alpha value is -1.71. The molecule has 2 rings (SSSR count). The zero-order chi connectivity index (χ0) is 18.8. The lowest BCUT2D eigenvalue weighted by Crippen LogP contribution is -2.00. The minimum atomic E-state index is -0.248. The summed E-state index contributed by atoms with van der Waals surface area (Å²) in [6.07, 6.45) is 9.74. The summed E-state index contributed by atoms with van der Waals surface area (Å²) in [4.78, 5) is 8.46. The summed E-state index contributed by atoms with van der Waals surface area (Å²) in [5.74, 6) is 0. The van der Waals surface area contributed by atoms with E-state index >= 15 is 0 Å². The standard InChI is InChI=1S/C10H13N3S.C9H13NS.CH4/c1-8-4-5-10(6-12-8)9(2)14(3)13-7-11;1-7-4-5-9(6-10-7)8(2)11-3;/h4-6,9H,1-3H3;4-6,8H,1-3H3;1H4. The van der Waals surface area contributed by atoms with E-state index in [1.165, 1.54) is 5.56 Å². The van der Waals surface area contributed by atoms with Crippen LogP contribution in [0.1, 0.15) is 54.3 Å². The Labute approximate surface area is 165 Å². The van der Waals surface area contributed by atoms with Gasteiger partial charge in [0.05, 0.1) is 0 Å². The number of nitrogens with zero attached hydrogens (tertiary/aromatic N) is 4. The van der Waals surface area contributed by atoms with Crippen LogP contribution in [0.4, 0.5) is 0 Å². The van der Waals surface area contributed by atoms with Crippen LogP contribution in [0, 0.1) is 25.3 Å². The lowest BCUT2D eigenvalue weighted by molar-refractivity contribution is 1.05. The van der Waals surface area contributed by atoms with Crippen molar-refractivity contribution >= 4 is 22.5 Å². The summed E-state index contributed by atoms with van der Waals surface area (Å²) in [6, 6.07) is 8.23. The summed E-state index contributed by atoms with van der Waals surface area (Å²) in [5, 5.41) is 9.28. The van der Waals surface area contributed by atoms with E-state index < -0.39 is 0 Å². The first kappa shape index (κ1) is 24.3. The molecule has 0 saturated heterocycles. The maximum Gasteiger partial charge on any atom is 0.212 e. The third-order valence-electron chi connectivity index (χ3n) is 3.86. The zero-order valence-corrected chi connectivity index (χ0v) is 17.4. The topological polar surface area (TPSA) is 61.9 Å². The molecule has 0 amide bonds. The van der Waals surface area contributed by atoms with Crippen LogP contribution >= 0.6 is 11.8 Å². The number of hydrogen-bond donors (Lipinski definition) is 0. The molecule has 0 aliphatic carbocycles. The van der Waals surface area contributed by atoms with Crippen LogP contribution in [0.3, 0.4) is 0 Å². The predicted octanol–water partition coefficient (Wildman–Crippen LogP) is 5.81. The predicted molar refractivity (Wildman–Crippen MR) is 116 cm³/mol. The Morgan fingerprint density at radius 3 is 1.92 bits per heavy atom. The molecule has 0 N–H and O–H groups in total. The Morgan fingerprint density at radius 1 is 1.04 bits per heavy atom. The Balaban J connectivity index is 0.000000475. The molecule has 0 spiro atoms. The van der Waals surface area contributed by atoms with Crippen LogP contribution in [-0.4, -0.2) is 22.5 Å². The van der Waals surface area contributed by atoms with E-state index in [4.69, 9.17) is 5.26 Å². The number of aromatic nitrogens is 2. The largest absolute Gasteiger partial charge is 0.261 e. The minimum Gasteiger partial charge on any atom is -0.261 e. The molecule has 3 atom stereocenters. The molecule has 2 aromatic heterocycles. The van der Waals surface area contributed by atoms with Crippen molar-refractivity contribution in [1.82, 2.24) is 9.97 Å². The van der Waals surface area contributed by atoms with E-state index in [2.05, 4.69) is 46.6 Å². The molecule has 6 heteroatoms. The van der Waals surface area contributed by atoms with E-state index in [1.54, 1.807) is 0 Å². The Kier molecular flexibility index (Phi) is 11.8. The van der Waals surface area contributed by atoms with Gasteiger partial charge in [-0.15, -0.1) is 0 Å². The molecule has 0 aliphatic heterocycles. The van der Waals surface area contributed by atoms with Crippen LogP contribution in [0.15, 0.2) is 41.0 Å². The van der Waals surface area contributed by atoms with Gasteiger partial charge in [-0.3, -0.25) is 9.97 Å². The highest BCUT2D eigenvalue weighted by Gasteiger charge is 2.07. The fourth-order valence-electron chi connectivity index (χ4n) is 1.92. The minimum absolute atomic E-state index is 0. The quantitative estimate of drug-likeness (QED) is 0.618. The van der Waals surface area contributed by atoms with Crippen molar-refractivity contribution in [3.05, 3.63) is 59.2 Å². The van der Waals surface area contributed by atoms with Crippen LogP contribution in [0.5, 0.6) is 0 Å². The monoisotopic (exact) mass is 390 g/mol. The van der Waals surface area contributed by atoms with Crippen molar-refractivity contribution < 1.29 is 0 Å². The van der Waals surface area contributed by atoms with Gasteiger partial charge in [-0.05, 0) is 63.5 Å². The lowest BCUT2D eigenvalue weighted by Gasteiger charge is -2.10. The van der Waals surface area contributed by atoms with Crippen LogP contribution in [-0.2, 0) is 10.7 Å². The molecule has 0 aliphatic rings. The third kappa shape index (κ3) is 8.11. The van der Waals surface area contributed by atoms with Gasteiger partial charge in [0, 0.05) is 34.3 Å². The summed E-state index contributed by atoms with van der Waals surface area (Å²) in [6.45, 7) is 8.22. The zero-order valence-electron chi connectivity index (χ0n) is 15.7. The second-order valence-corrected chi connectivity index (χ2v) is 8.82. The molecule has 0 bridgehead atoms. The highest BCUT2D eigenvalue weighted by Crippen LogP contribution is 2.24. The number of thioether (sulfide) groups is 1. The SMILES string of the molecule is C.CSC(C)c1ccc(C)nc1.Cc1ccc(C(C)S(C)=NC#N)cn1. The molecule has 142 valence electrons. The normalized spacial score (nSPS) is 13.4. The smallest absolute Gasteiger partial charge is 0.212 e. The van der Waals surface area contributed by atoms with E-state index in [-0.39, 0.29) is 23.4 Å². The Bertz CT molecular complexity index is 719. The summed E-state index contributed by atoms with van der Waals surface area (Å²) in [5.41, 5.74) is 4.54. The molecular weight excluding hydrogens is 360 g/mol. The summed E-state index contributed by atoms with van der Waals surface area (Å²) < 4.78 is 3.83. The number of aryl methyl sites for hydroxylation is 2. The highest BCUT2D eigenvalue weighted by atomic mass is 32.2. The van der Waals surface area contributed by atoms with Gasteiger partial charge in [-0.1, -0.05) is 30.3 Å². The van der Waals surface area contributed by atoms with Crippen molar-refractivity contribution in [3.8, 4) is 6.19 Å². The molecule has 4 nitrogen and oxygen atoms in total. The molecule has 0 radical (unpaired) electrons. The Morgan fingerprint density at radius 2 is 1.54 bits per heavy atom. The molecule has 0 saturated carbocycles. The number of pyridine rings is 2. The maximum atomic E-state index is 8.45. The summed E-state index contributed by atoms with van der Waals surface area (Å²) in [7, 11) is -0.248. The van der Waals surface area contributed by atoms with Gasteiger partial charge in [-0.25, -0.2) is 0 Å². The van der Waals surface area contributed by atoms with E-state index in [0.717, 1.165) is 17.0 Å². The first-order valence-electron chi connectivity index (χ1n) is 8.01. The number of nitriles is 1. The third-order valence-corrected chi connectivity index (χ3v) is 6.50. The average Bonchev–Trinajstić information content (AvgIpc) is 2.62. The molecule has 2 aromatic rings. The van der Waals surface area contributed by atoms with Crippen LogP contribution in [0.2, 0.25) is 0 Å². The van der Waals surface area contributed by atoms with Crippen LogP contribution in [0.25, 0.3) is 0 Å².